The zero-order valence-electron chi connectivity index (χ0n) is 12.0. The molecule has 0 aliphatic carbocycles. The molecular weight excluding hydrogens is 274 g/mol. The number of hydrogen-bond donors (Lipinski definition) is 1. The van der Waals surface area contributed by atoms with Crippen molar-refractivity contribution in [3.8, 4) is 0 Å². The highest BCUT2D eigenvalue weighted by Gasteiger charge is 2.18. The van der Waals surface area contributed by atoms with Crippen molar-refractivity contribution >= 4 is 17.6 Å². The Hall–Kier alpha value is -1.89. The molecule has 2 aromatic rings. The minimum Gasteiger partial charge on any atom is -0.409 e. The van der Waals surface area contributed by atoms with Gasteiger partial charge < -0.3 is 5.21 Å². The molecular formula is C13H17N5OS. The largest absolute Gasteiger partial charge is 0.409 e. The van der Waals surface area contributed by atoms with Gasteiger partial charge in [-0.25, -0.2) is 0 Å². The summed E-state index contributed by atoms with van der Waals surface area (Å²) in [6, 6.07) is 4.09. The van der Waals surface area contributed by atoms with E-state index in [-0.39, 0.29) is 0 Å². The van der Waals surface area contributed by atoms with Gasteiger partial charge in [0.25, 0.3) is 0 Å². The summed E-state index contributed by atoms with van der Waals surface area (Å²) in [6.07, 6.45) is 0. The molecule has 2 rings (SSSR count). The molecule has 0 atom stereocenters. The molecule has 1 aromatic carbocycles. The lowest BCUT2D eigenvalue weighted by Crippen LogP contribution is -2.19. The molecule has 6 nitrogen and oxygen atoms in total. The van der Waals surface area contributed by atoms with Crippen molar-refractivity contribution in [2.75, 3.05) is 5.75 Å². The van der Waals surface area contributed by atoms with E-state index in [9.17, 15) is 5.21 Å². The summed E-state index contributed by atoms with van der Waals surface area (Å²) < 4.78 is 1.47. The van der Waals surface area contributed by atoms with Crippen molar-refractivity contribution in [2.45, 2.75) is 32.9 Å². The Labute approximate surface area is 121 Å². The Morgan fingerprint density at radius 2 is 1.95 bits per heavy atom. The molecule has 0 aliphatic heterocycles. The van der Waals surface area contributed by atoms with Crippen molar-refractivity contribution in [3.63, 3.8) is 0 Å². The number of rotatable bonds is 3. The zero-order chi connectivity index (χ0) is 14.7. The Bertz CT molecular complexity index is 627. The molecule has 1 N–H and O–H groups in total. The van der Waals surface area contributed by atoms with Crippen LogP contribution in [0.5, 0.6) is 0 Å². The summed E-state index contributed by atoms with van der Waals surface area (Å²) >= 11 is 1.50. The molecule has 20 heavy (non-hydrogen) atoms. The van der Waals surface area contributed by atoms with E-state index in [0.717, 1.165) is 22.4 Å². The molecule has 0 bridgehead atoms. The van der Waals surface area contributed by atoms with Gasteiger partial charge in [0.15, 0.2) is 0 Å². The highest BCUT2D eigenvalue weighted by Crippen LogP contribution is 2.20. The summed E-state index contributed by atoms with van der Waals surface area (Å²) in [4.78, 5) is 0. The number of aromatic nitrogens is 4. The molecule has 0 unspecified atom stereocenters. The summed E-state index contributed by atoms with van der Waals surface area (Å²) in [5.41, 5.74) is 4.07. The summed E-state index contributed by atoms with van der Waals surface area (Å²) in [5.74, 6) is 1.19. The molecule has 1 heterocycles. The first kappa shape index (κ1) is 14.5. The normalized spacial score (nSPS) is 11.9. The minimum atomic E-state index is 0.348. The first-order valence-corrected chi connectivity index (χ1v) is 7.28. The number of hydrogen-bond acceptors (Lipinski definition) is 6. The maximum Gasteiger partial charge on any atom is 0.215 e. The highest BCUT2D eigenvalue weighted by molar-refractivity contribution is 7.99. The van der Waals surface area contributed by atoms with Crippen molar-refractivity contribution in [3.05, 3.63) is 34.4 Å². The van der Waals surface area contributed by atoms with Crippen LogP contribution in [0.25, 0.3) is 0 Å². The van der Waals surface area contributed by atoms with Gasteiger partial charge in [-0.1, -0.05) is 41.5 Å². The number of thioether (sulfide) groups is 1. The number of benzene rings is 1. The highest BCUT2D eigenvalue weighted by atomic mass is 32.2. The van der Waals surface area contributed by atoms with Gasteiger partial charge in [-0.05, 0) is 48.1 Å². The van der Waals surface area contributed by atoms with Gasteiger partial charge in [0.2, 0.25) is 11.0 Å². The summed E-state index contributed by atoms with van der Waals surface area (Å²) in [5, 5.41) is 25.0. The second-order valence-electron chi connectivity index (χ2n) is 4.50. The van der Waals surface area contributed by atoms with Gasteiger partial charge in [0.1, 0.15) is 0 Å². The van der Waals surface area contributed by atoms with Gasteiger partial charge in [-0.15, -0.1) is 5.10 Å². The van der Waals surface area contributed by atoms with Crippen molar-refractivity contribution in [1.82, 2.24) is 20.2 Å². The van der Waals surface area contributed by atoms with Crippen LogP contribution in [0.3, 0.4) is 0 Å². The third-order valence-electron chi connectivity index (χ3n) is 2.91. The number of aryl methyl sites for hydroxylation is 3. The number of tetrazole rings is 1. The van der Waals surface area contributed by atoms with E-state index in [0.29, 0.717) is 11.0 Å². The van der Waals surface area contributed by atoms with Crippen molar-refractivity contribution < 1.29 is 5.21 Å². The maximum atomic E-state index is 9.42. The molecule has 0 spiro atoms. The predicted octanol–water partition coefficient (Wildman–Crippen LogP) is 2.39. The fraction of sp³-hybridized carbons (Fsp3) is 0.385. The minimum absolute atomic E-state index is 0.348. The van der Waals surface area contributed by atoms with Gasteiger partial charge >= 0.3 is 0 Å². The summed E-state index contributed by atoms with van der Waals surface area (Å²) in [6.45, 7) is 8.02. The maximum absolute atomic E-state index is 9.42. The lowest BCUT2D eigenvalue weighted by atomic mass is 9.99. The van der Waals surface area contributed by atoms with E-state index in [1.165, 1.54) is 22.0 Å². The first-order chi connectivity index (χ1) is 9.58. The van der Waals surface area contributed by atoms with Gasteiger partial charge in [0.05, 0.1) is 0 Å². The van der Waals surface area contributed by atoms with E-state index in [2.05, 4.69) is 20.7 Å². The third kappa shape index (κ3) is 2.67. The first-order valence-electron chi connectivity index (χ1n) is 6.30. The SMILES string of the molecule is CCSc1nnnn1/C(=N\O)c1c(C)cc(C)cc1C. The van der Waals surface area contributed by atoms with Crippen LogP contribution in [-0.2, 0) is 0 Å². The summed E-state index contributed by atoms with van der Waals surface area (Å²) in [7, 11) is 0. The molecule has 0 radical (unpaired) electrons. The average Bonchev–Trinajstić information content (AvgIpc) is 2.82. The van der Waals surface area contributed by atoms with Crippen LogP contribution >= 0.6 is 11.8 Å². The second kappa shape index (κ2) is 6.04. The molecule has 7 heteroatoms. The van der Waals surface area contributed by atoms with Crippen LogP contribution in [0.4, 0.5) is 0 Å². The molecule has 106 valence electrons. The molecule has 0 aliphatic rings. The number of oxime groups is 1. The standard InChI is InChI=1S/C13H17N5OS/c1-5-20-13-14-16-17-18(13)12(15-19)11-9(3)6-8(2)7-10(11)4/h6-7,19H,5H2,1-4H3/b15-12-. The van der Waals surface area contributed by atoms with Gasteiger partial charge in [-0.3, -0.25) is 0 Å². The lowest BCUT2D eigenvalue weighted by Gasteiger charge is -2.12. The van der Waals surface area contributed by atoms with Crippen LogP contribution in [0.15, 0.2) is 22.4 Å². The van der Waals surface area contributed by atoms with E-state index < -0.39 is 0 Å². The van der Waals surface area contributed by atoms with Crippen LogP contribution < -0.4 is 0 Å². The van der Waals surface area contributed by atoms with Gasteiger partial charge in [-0.2, -0.15) is 4.68 Å². The number of nitrogens with zero attached hydrogens (tertiary/aromatic N) is 5. The fourth-order valence-corrected chi connectivity index (χ4v) is 2.86. The smallest absolute Gasteiger partial charge is 0.215 e. The average molecular weight is 291 g/mol. The van der Waals surface area contributed by atoms with Crippen molar-refractivity contribution in [1.29, 1.82) is 0 Å². The van der Waals surface area contributed by atoms with Crippen LogP contribution in [0.1, 0.15) is 29.2 Å². The van der Waals surface area contributed by atoms with E-state index in [1.54, 1.807) is 0 Å². The predicted molar refractivity (Wildman–Crippen MR) is 78.6 cm³/mol. The fourth-order valence-electron chi connectivity index (χ4n) is 2.26. The van der Waals surface area contributed by atoms with Gasteiger partial charge in [0, 0.05) is 5.56 Å². The topological polar surface area (TPSA) is 76.2 Å². The third-order valence-corrected chi connectivity index (χ3v) is 3.71. The molecule has 0 fully saturated rings. The zero-order valence-corrected chi connectivity index (χ0v) is 12.8. The van der Waals surface area contributed by atoms with Crippen LogP contribution in [-0.4, -0.2) is 37.0 Å². The van der Waals surface area contributed by atoms with E-state index in [1.807, 2.05) is 39.8 Å². The Morgan fingerprint density at radius 3 is 2.50 bits per heavy atom. The van der Waals surface area contributed by atoms with Crippen LogP contribution in [0, 0.1) is 20.8 Å². The quantitative estimate of drug-likeness (QED) is 0.309. The second-order valence-corrected chi connectivity index (χ2v) is 5.73. The lowest BCUT2D eigenvalue weighted by molar-refractivity contribution is 0.316. The monoisotopic (exact) mass is 291 g/mol. The Kier molecular flexibility index (Phi) is 4.39. The van der Waals surface area contributed by atoms with E-state index in [4.69, 9.17) is 0 Å². The molecule has 0 saturated carbocycles. The van der Waals surface area contributed by atoms with Crippen LogP contribution in [0.2, 0.25) is 0 Å². The Balaban J connectivity index is 2.57. The van der Waals surface area contributed by atoms with E-state index >= 15 is 0 Å². The molecule has 0 saturated heterocycles. The molecule has 1 aromatic heterocycles. The molecule has 0 amide bonds. The van der Waals surface area contributed by atoms with Crippen molar-refractivity contribution in [2.24, 2.45) is 5.16 Å². The Morgan fingerprint density at radius 1 is 1.30 bits per heavy atom.